The zero-order valence-electron chi connectivity index (χ0n) is 12.8. The highest BCUT2D eigenvalue weighted by molar-refractivity contribution is 6.34. The fourth-order valence-corrected chi connectivity index (χ4v) is 2.45. The van der Waals surface area contributed by atoms with E-state index in [0.717, 1.165) is 24.8 Å². The van der Waals surface area contributed by atoms with Crippen molar-refractivity contribution in [1.82, 2.24) is 0 Å². The van der Waals surface area contributed by atoms with Crippen LogP contribution in [0.3, 0.4) is 0 Å². The Balaban J connectivity index is 2.23. The summed E-state index contributed by atoms with van der Waals surface area (Å²) in [7, 11) is 0. The summed E-state index contributed by atoms with van der Waals surface area (Å²) >= 11 is 6.05. The smallest absolute Gasteiger partial charge is 0.259 e. The monoisotopic (exact) mass is 328 g/mol. The maximum absolute atomic E-state index is 12.4. The molecule has 118 valence electrons. The topological polar surface area (TPSA) is 73.1 Å². The number of halogens is 1. The number of amides is 1. The SMILES string of the molecule is CCCCc1cccc(C(=O)Nc2ccc(C#N)cc2Cl)c1O. The molecule has 0 aliphatic carbocycles. The summed E-state index contributed by atoms with van der Waals surface area (Å²) in [4.78, 5) is 12.4. The number of carbonyl (C=O) groups is 1. The number of nitriles is 1. The highest BCUT2D eigenvalue weighted by Crippen LogP contribution is 2.27. The van der Waals surface area contributed by atoms with Crippen molar-refractivity contribution in [2.45, 2.75) is 26.2 Å². The Kier molecular flexibility index (Phi) is 5.61. The van der Waals surface area contributed by atoms with E-state index in [9.17, 15) is 9.90 Å². The van der Waals surface area contributed by atoms with Crippen molar-refractivity contribution in [1.29, 1.82) is 5.26 Å². The summed E-state index contributed by atoms with van der Waals surface area (Å²) in [6.07, 6.45) is 2.68. The average Bonchev–Trinajstić information content (AvgIpc) is 2.55. The molecule has 5 heteroatoms. The number of aryl methyl sites for hydroxylation is 1. The standard InChI is InChI=1S/C18H17ClN2O2/c1-2-3-5-13-6-4-7-14(17(13)22)18(23)21-16-9-8-12(11-20)10-15(16)19/h4,6-10,22H,2-3,5H2,1H3,(H,21,23). The van der Waals surface area contributed by atoms with Gasteiger partial charge in [0, 0.05) is 0 Å². The van der Waals surface area contributed by atoms with E-state index in [1.54, 1.807) is 24.3 Å². The molecule has 0 unspecified atom stereocenters. The molecule has 2 aromatic rings. The zero-order valence-corrected chi connectivity index (χ0v) is 13.5. The quantitative estimate of drug-likeness (QED) is 0.848. The minimum Gasteiger partial charge on any atom is -0.507 e. The van der Waals surface area contributed by atoms with Crippen LogP contribution in [0, 0.1) is 11.3 Å². The third-order valence-electron chi connectivity index (χ3n) is 3.51. The molecule has 23 heavy (non-hydrogen) atoms. The van der Waals surface area contributed by atoms with Gasteiger partial charge in [-0.05, 0) is 42.7 Å². The minimum absolute atomic E-state index is 0.00298. The van der Waals surface area contributed by atoms with Crippen molar-refractivity contribution in [2.75, 3.05) is 5.32 Å². The van der Waals surface area contributed by atoms with Gasteiger partial charge < -0.3 is 10.4 Å². The van der Waals surface area contributed by atoms with Crippen molar-refractivity contribution in [2.24, 2.45) is 0 Å². The Labute approximate surface area is 140 Å². The van der Waals surface area contributed by atoms with Crippen LogP contribution in [0.2, 0.25) is 5.02 Å². The number of hydrogen-bond donors (Lipinski definition) is 2. The molecule has 0 radical (unpaired) electrons. The number of para-hydroxylation sites is 1. The lowest BCUT2D eigenvalue weighted by molar-refractivity contribution is 0.102. The summed E-state index contributed by atoms with van der Waals surface area (Å²) < 4.78 is 0. The van der Waals surface area contributed by atoms with Gasteiger partial charge >= 0.3 is 0 Å². The van der Waals surface area contributed by atoms with Crippen LogP contribution in [0.4, 0.5) is 5.69 Å². The van der Waals surface area contributed by atoms with Crippen molar-refractivity contribution < 1.29 is 9.90 Å². The first kappa shape index (κ1) is 16.9. The molecule has 0 heterocycles. The number of hydrogen-bond acceptors (Lipinski definition) is 3. The second kappa shape index (κ2) is 7.66. The predicted octanol–water partition coefficient (Wildman–Crippen LogP) is 4.51. The molecule has 0 atom stereocenters. The summed E-state index contributed by atoms with van der Waals surface area (Å²) in [5.74, 6) is -0.435. The van der Waals surface area contributed by atoms with Crippen molar-refractivity contribution in [3.05, 3.63) is 58.1 Å². The summed E-state index contributed by atoms with van der Waals surface area (Å²) in [5, 5.41) is 22.0. The van der Waals surface area contributed by atoms with E-state index in [4.69, 9.17) is 16.9 Å². The largest absolute Gasteiger partial charge is 0.507 e. The molecule has 0 saturated heterocycles. The van der Waals surface area contributed by atoms with Gasteiger partial charge in [0.05, 0.1) is 27.9 Å². The van der Waals surface area contributed by atoms with Crippen LogP contribution >= 0.6 is 11.6 Å². The van der Waals surface area contributed by atoms with Crippen molar-refractivity contribution in [3.8, 4) is 11.8 Å². The second-order valence-electron chi connectivity index (χ2n) is 5.18. The molecule has 4 nitrogen and oxygen atoms in total. The molecule has 1 amide bonds. The predicted molar refractivity (Wildman–Crippen MR) is 90.8 cm³/mol. The van der Waals surface area contributed by atoms with Crippen LogP contribution in [-0.2, 0) is 6.42 Å². The number of anilines is 1. The molecule has 0 saturated carbocycles. The number of unbranched alkanes of at least 4 members (excludes halogenated alkanes) is 1. The maximum atomic E-state index is 12.4. The number of phenolic OH excluding ortho intramolecular Hbond substituents is 1. The van der Waals surface area contributed by atoms with Gasteiger partial charge in [0.2, 0.25) is 0 Å². The fourth-order valence-electron chi connectivity index (χ4n) is 2.22. The molecular weight excluding hydrogens is 312 g/mol. The first-order valence-electron chi connectivity index (χ1n) is 7.38. The summed E-state index contributed by atoms with van der Waals surface area (Å²) in [5.41, 5.74) is 1.77. The molecule has 2 N–H and O–H groups in total. The Morgan fingerprint density at radius 3 is 2.78 bits per heavy atom. The van der Waals surface area contributed by atoms with Gasteiger partial charge in [0.1, 0.15) is 5.75 Å². The third kappa shape index (κ3) is 4.02. The molecule has 0 fully saturated rings. The van der Waals surface area contributed by atoms with E-state index in [1.807, 2.05) is 12.1 Å². The van der Waals surface area contributed by atoms with Crippen LogP contribution < -0.4 is 5.32 Å². The molecule has 0 spiro atoms. The van der Waals surface area contributed by atoms with Gasteiger partial charge in [-0.1, -0.05) is 37.1 Å². The van der Waals surface area contributed by atoms with E-state index in [1.165, 1.54) is 6.07 Å². The Hall–Kier alpha value is -2.51. The van der Waals surface area contributed by atoms with E-state index in [0.29, 0.717) is 11.3 Å². The molecule has 2 rings (SSSR count). The van der Waals surface area contributed by atoms with Crippen molar-refractivity contribution >= 4 is 23.2 Å². The lowest BCUT2D eigenvalue weighted by Crippen LogP contribution is -2.13. The molecule has 0 bridgehead atoms. The number of benzene rings is 2. The highest BCUT2D eigenvalue weighted by atomic mass is 35.5. The Bertz CT molecular complexity index is 766. The van der Waals surface area contributed by atoms with Gasteiger partial charge in [-0.15, -0.1) is 0 Å². The summed E-state index contributed by atoms with van der Waals surface area (Å²) in [6, 6.07) is 11.7. The molecule has 0 aromatic heterocycles. The van der Waals surface area contributed by atoms with Gasteiger partial charge in [-0.3, -0.25) is 4.79 Å². The normalized spacial score (nSPS) is 10.1. The fraction of sp³-hybridized carbons (Fsp3) is 0.222. The number of nitrogens with one attached hydrogen (secondary N) is 1. The van der Waals surface area contributed by atoms with Crippen LogP contribution in [0.1, 0.15) is 41.3 Å². The molecule has 0 aliphatic heterocycles. The number of rotatable bonds is 5. The van der Waals surface area contributed by atoms with Crippen LogP contribution in [0.25, 0.3) is 0 Å². The lowest BCUT2D eigenvalue weighted by Gasteiger charge is -2.11. The number of aromatic hydroxyl groups is 1. The maximum Gasteiger partial charge on any atom is 0.259 e. The Morgan fingerprint density at radius 1 is 1.35 bits per heavy atom. The van der Waals surface area contributed by atoms with Gasteiger partial charge in [-0.25, -0.2) is 0 Å². The number of phenols is 1. The third-order valence-corrected chi connectivity index (χ3v) is 3.82. The van der Waals surface area contributed by atoms with E-state index in [-0.39, 0.29) is 16.3 Å². The average molecular weight is 329 g/mol. The van der Waals surface area contributed by atoms with E-state index < -0.39 is 5.91 Å². The Morgan fingerprint density at radius 2 is 2.13 bits per heavy atom. The van der Waals surface area contributed by atoms with Gasteiger partial charge in [0.15, 0.2) is 0 Å². The van der Waals surface area contributed by atoms with E-state index in [2.05, 4.69) is 12.2 Å². The van der Waals surface area contributed by atoms with Crippen LogP contribution in [0.15, 0.2) is 36.4 Å². The van der Waals surface area contributed by atoms with Crippen molar-refractivity contribution in [3.63, 3.8) is 0 Å². The highest BCUT2D eigenvalue weighted by Gasteiger charge is 2.15. The van der Waals surface area contributed by atoms with E-state index >= 15 is 0 Å². The summed E-state index contributed by atoms with van der Waals surface area (Å²) in [6.45, 7) is 2.07. The molecular formula is C18H17ClN2O2. The molecule has 2 aromatic carbocycles. The minimum atomic E-state index is -0.438. The number of nitrogens with zero attached hydrogens (tertiary/aromatic N) is 1. The van der Waals surface area contributed by atoms with Crippen LogP contribution in [0.5, 0.6) is 5.75 Å². The first-order valence-corrected chi connectivity index (χ1v) is 7.76. The second-order valence-corrected chi connectivity index (χ2v) is 5.58. The lowest BCUT2D eigenvalue weighted by atomic mass is 10.0. The molecule has 0 aliphatic rings. The van der Waals surface area contributed by atoms with Gasteiger partial charge in [0.25, 0.3) is 5.91 Å². The van der Waals surface area contributed by atoms with Gasteiger partial charge in [-0.2, -0.15) is 5.26 Å². The zero-order chi connectivity index (χ0) is 16.8. The van der Waals surface area contributed by atoms with Crippen LogP contribution in [-0.4, -0.2) is 11.0 Å². The number of carbonyl (C=O) groups excluding carboxylic acids is 1. The first-order chi connectivity index (χ1) is 11.1.